The first-order valence-electron chi connectivity index (χ1n) is 5.73. The summed E-state index contributed by atoms with van der Waals surface area (Å²) in [6.07, 6.45) is 3.91. The second-order valence-corrected chi connectivity index (χ2v) is 3.88. The van der Waals surface area contributed by atoms with E-state index < -0.39 is 0 Å². The maximum atomic E-state index is 12.5. The molecule has 2 rings (SSSR count). The normalized spacial score (nSPS) is 10.4. The number of carbonyl (C=O) groups excluding carboxylic acids is 1. The third-order valence-electron chi connectivity index (χ3n) is 2.83. The average Bonchev–Trinajstić information content (AvgIpc) is 2.79. The Labute approximate surface area is 105 Å². The van der Waals surface area contributed by atoms with Gasteiger partial charge in [-0.1, -0.05) is 13.0 Å². The van der Waals surface area contributed by atoms with E-state index in [0.717, 1.165) is 12.0 Å². The number of hydrogen-bond donors (Lipinski definition) is 0. The van der Waals surface area contributed by atoms with E-state index in [1.54, 1.807) is 13.2 Å². The monoisotopic (exact) mass is 245 g/mol. The van der Waals surface area contributed by atoms with Gasteiger partial charge in [-0.2, -0.15) is 5.10 Å². The molecule has 0 N–H and O–H groups in total. The minimum Gasteiger partial charge on any atom is -0.493 e. The lowest BCUT2D eigenvalue weighted by Crippen LogP contribution is -2.13. The van der Waals surface area contributed by atoms with Gasteiger partial charge in [-0.3, -0.25) is 14.5 Å². The Morgan fingerprint density at radius 2 is 2.28 bits per heavy atom. The molecule has 18 heavy (non-hydrogen) atoms. The quantitative estimate of drug-likeness (QED) is 0.768. The minimum atomic E-state index is -0.163. The number of ether oxygens (including phenoxy) is 1. The molecule has 94 valence electrons. The molecule has 5 heteroatoms. The van der Waals surface area contributed by atoms with E-state index in [4.69, 9.17) is 4.74 Å². The molecule has 0 aromatic carbocycles. The van der Waals surface area contributed by atoms with E-state index in [2.05, 4.69) is 10.1 Å². The molecule has 0 unspecified atom stereocenters. The van der Waals surface area contributed by atoms with Gasteiger partial charge < -0.3 is 4.74 Å². The summed E-state index contributed by atoms with van der Waals surface area (Å²) < 4.78 is 6.66. The first-order valence-corrected chi connectivity index (χ1v) is 5.73. The van der Waals surface area contributed by atoms with Crippen molar-refractivity contribution in [3.8, 4) is 5.75 Å². The number of carbonyl (C=O) groups is 1. The number of methoxy groups -OCH3 is 1. The number of aryl methyl sites for hydroxylation is 2. The standard InChI is InChI=1S/C13H15N3O2/c1-4-9-6-5-7-14-11(9)13(17)12-10(18-3)8-15-16(12)2/h5-8H,4H2,1-3H3. The van der Waals surface area contributed by atoms with Gasteiger partial charge in [0.05, 0.1) is 13.3 Å². The van der Waals surface area contributed by atoms with Crippen molar-refractivity contribution in [3.05, 3.63) is 41.5 Å². The highest BCUT2D eigenvalue weighted by Crippen LogP contribution is 2.21. The highest BCUT2D eigenvalue weighted by Gasteiger charge is 2.22. The molecule has 0 fully saturated rings. The highest BCUT2D eigenvalue weighted by atomic mass is 16.5. The first kappa shape index (κ1) is 12.3. The van der Waals surface area contributed by atoms with Crippen LogP contribution >= 0.6 is 0 Å². The summed E-state index contributed by atoms with van der Waals surface area (Å²) in [6, 6.07) is 3.74. The second-order valence-electron chi connectivity index (χ2n) is 3.88. The molecule has 5 nitrogen and oxygen atoms in total. The zero-order valence-electron chi connectivity index (χ0n) is 10.7. The smallest absolute Gasteiger partial charge is 0.233 e. The molecule has 0 spiro atoms. The van der Waals surface area contributed by atoms with Crippen molar-refractivity contribution in [2.24, 2.45) is 7.05 Å². The lowest BCUT2D eigenvalue weighted by atomic mass is 10.1. The van der Waals surface area contributed by atoms with Crippen LogP contribution < -0.4 is 4.74 Å². The predicted molar refractivity (Wildman–Crippen MR) is 66.8 cm³/mol. The average molecular weight is 245 g/mol. The Morgan fingerprint density at radius 3 is 2.94 bits per heavy atom. The summed E-state index contributed by atoms with van der Waals surface area (Å²) in [5, 5.41) is 4.03. The maximum absolute atomic E-state index is 12.5. The zero-order valence-corrected chi connectivity index (χ0v) is 10.7. The van der Waals surface area contributed by atoms with Crippen molar-refractivity contribution in [1.29, 1.82) is 0 Å². The van der Waals surface area contributed by atoms with E-state index in [1.165, 1.54) is 18.0 Å². The molecule has 0 amide bonds. The second kappa shape index (κ2) is 5.00. The van der Waals surface area contributed by atoms with E-state index >= 15 is 0 Å². The predicted octanol–water partition coefficient (Wildman–Crippen LogP) is 1.62. The van der Waals surface area contributed by atoms with Gasteiger partial charge in [-0.25, -0.2) is 0 Å². The van der Waals surface area contributed by atoms with Crippen LogP contribution in [0.2, 0.25) is 0 Å². The van der Waals surface area contributed by atoms with Gasteiger partial charge in [-0.15, -0.1) is 0 Å². The molecule has 0 bridgehead atoms. The van der Waals surface area contributed by atoms with Crippen LogP contribution in [-0.2, 0) is 13.5 Å². The van der Waals surface area contributed by atoms with Crippen LogP contribution in [0.4, 0.5) is 0 Å². The fraction of sp³-hybridized carbons (Fsp3) is 0.308. The topological polar surface area (TPSA) is 57.0 Å². The summed E-state index contributed by atoms with van der Waals surface area (Å²) in [5.41, 5.74) is 1.80. The lowest BCUT2D eigenvalue weighted by molar-refractivity contribution is 0.102. The Kier molecular flexibility index (Phi) is 3.41. The van der Waals surface area contributed by atoms with E-state index in [1.807, 2.05) is 19.1 Å². The van der Waals surface area contributed by atoms with Gasteiger partial charge in [0.15, 0.2) is 11.4 Å². The summed E-state index contributed by atoms with van der Waals surface area (Å²) in [4.78, 5) is 16.7. The van der Waals surface area contributed by atoms with Crippen molar-refractivity contribution in [3.63, 3.8) is 0 Å². The molecular formula is C13H15N3O2. The summed E-state index contributed by atoms with van der Waals surface area (Å²) in [5.74, 6) is 0.305. The van der Waals surface area contributed by atoms with Gasteiger partial charge in [0.25, 0.3) is 0 Å². The van der Waals surface area contributed by atoms with Gasteiger partial charge in [0, 0.05) is 13.2 Å². The molecule has 0 aliphatic rings. The Morgan fingerprint density at radius 1 is 1.50 bits per heavy atom. The van der Waals surface area contributed by atoms with Crippen molar-refractivity contribution >= 4 is 5.78 Å². The van der Waals surface area contributed by atoms with Gasteiger partial charge in [-0.05, 0) is 18.1 Å². The third-order valence-corrected chi connectivity index (χ3v) is 2.83. The molecule has 2 aromatic heterocycles. The molecule has 0 saturated heterocycles. The number of pyridine rings is 1. The zero-order chi connectivity index (χ0) is 13.1. The molecule has 2 heterocycles. The number of aromatic nitrogens is 3. The minimum absolute atomic E-state index is 0.163. The number of rotatable bonds is 4. The number of nitrogens with zero attached hydrogens (tertiary/aromatic N) is 3. The van der Waals surface area contributed by atoms with Crippen LogP contribution in [0.25, 0.3) is 0 Å². The number of ketones is 1. The van der Waals surface area contributed by atoms with Crippen molar-refractivity contribution in [2.75, 3.05) is 7.11 Å². The molecule has 2 aromatic rings. The van der Waals surface area contributed by atoms with Crippen LogP contribution in [-0.4, -0.2) is 27.7 Å². The summed E-state index contributed by atoms with van der Waals surface area (Å²) >= 11 is 0. The lowest BCUT2D eigenvalue weighted by Gasteiger charge is -2.07. The van der Waals surface area contributed by atoms with Crippen molar-refractivity contribution < 1.29 is 9.53 Å². The van der Waals surface area contributed by atoms with E-state index in [9.17, 15) is 4.79 Å². The Balaban J connectivity index is 2.51. The van der Waals surface area contributed by atoms with Crippen LogP contribution in [0.5, 0.6) is 5.75 Å². The Hall–Kier alpha value is -2.17. The molecule has 0 aliphatic carbocycles. The van der Waals surface area contributed by atoms with Crippen LogP contribution in [0.3, 0.4) is 0 Å². The third kappa shape index (κ3) is 1.99. The van der Waals surface area contributed by atoms with Gasteiger partial charge in [0.2, 0.25) is 5.78 Å². The SMILES string of the molecule is CCc1cccnc1C(=O)c1c(OC)cnn1C. The van der Waals surface area contributed by atoms with Crippen LogP contribution in [0.1, 0.15) is 28.7 Å². The van der Waals surface area contributed by atoms with Gasteiger partial charge >= 0.3 is 0 Å². The highest BCUT2D eigenvalue weighted by molar-refractivity contribution is 6.09. The summed E-state index contributed by atoms with van der Waals surface area (Å²) in [6.45, 7) is 1.99. The molecular weight excluding hydrogens is 230 g/mol. The maximum Gasteiger partial charge on any atom is 0.233 e. The number of hydrogen-bond acceptors (Lipinski definition) is 4. The first-order chi connectivity index (χ1) is 8.69. The van der Waals surface area contributed by atoms with Crippen molar-refractivity contribution in [1.82, 2.24) is 14.8 Å². The largest absolute Gasteiger partial charge is 0.493 e. The van der Waals surface area contributed by atoms with E-state index in [0.29, 0.717) is 17.1 Å². The van der Waals surface area contributed by atoms with Gasteiger partial charge in [0.1, 0.15) is 5.69 Å². The Bertz CT molecular complexity index is 575. The molecule has 0 radical (unpaired) electrons. The van der Waals surface area contributed by atoms with Crippen LogP contribution in [0.15, 0.2) is 24.5 Å². The summed E-state index contributed by atoms with van der Waals surface area (Å²) in [7, 11) is 3.23. The fourth-order valence-electron chi connectivity index (χ4n) is 1.87. The van der Waals surface area contributed by atoms with Crippen molar-refractivity contribution in [2.45, 2.75) is 13.3 Å². The van der Waals surface area contributed by atoms with E-state index in [-0.39, 0.29) is 5.78 Å². The molecule has 0 atom stereocenters. The molecule has 0 aliphatic heterocycles. The fourth-order valence-corrected chi connectivity index (χ4v) is 1.87. The van der Waals surface area contributed by atoms with Crippen LogP contribution in [0, 0.1) is 0 Å². The molecule has 0 saturated carbocycles.